The van der Waals surface area contributed by atoms with Crippen LogP contribution < -0.4 is 0 Å². The molecule has 1 heterocycles. The SMILES string of the molecule is C#C/C=C\C(=C(/C)O)c1nc2c(s1)C(C)CC=C2. The Morgan fingerprint density at radius 3 is 3.06 bits per heavy atom. The fourth-order valence-corrected chi connectivity index (χ4v) is 3.09. The Hall–Kier alpha value is -1.79. The van der Waals surface area contributed by atoms with Gasteiger partial charge in [-0.2, -0.15) is 0 Å². The molecule has 18 heavy (non-hydrogen) atoms. The highest BCUT2D eigenvalue weighted by molar-refractivity contribution is 7.13. The molecule has 2 nitrogen and oxygen atoms in total. The van der Waals surface area contributed by atoms with Gasteiger partial charge in [-0.1, -0.05) is 18.9 Å². The summed E-state index contributed by atoms with van der Waals surface area (Å²) in [5.74, 6) is 3.16. The first kappa shape index (κ1) is 12.7. The van der Waals surface area contributed by atoms with Crippen molar-refractivity contribution in [3.8, 4) is 12.3 Å². The molecule has 1 unspecified atom stereocenters. The smallest absolute Gasteiger partial charge is 0.127 e. The summed E-state index contributed by atoms with van der Waals surface area (Å²) < 4.78 is 0. The zero-order chi connectivity index (χ0) is 13.1. The summed E-state index contributed by atoms with van der Waals surface area (Å²) in [5, 5.41) is 10.6. The minimum atomic E-state index is 0.240. The predicted molar refractivity (Wildman–Crippen MR) is 77.4 cm³/mol. The molecule has 0 saturated heterocycles. The van der Waals surface area contributed by atoms with E-state index >= 15 is 0 Å². The van der Waals surface area contributed by atoms with Gasteiger partial charge in [0.15, 0.2) is 0 Å². The van der Waals surface area contributed by atoms with E-state index in [1.54, 1.807) is 30.4 Å². The van der Waals surface area contributed by atoms with Crippen LogP contribution in [0, 0.1) is 12.3 Å². The van der Waals surface area contributed by atoms with E-state index in [2.05, 4.69) is 23.9 Å². The van der Waals surface area contributed by atoms with Crippen LogP contribution in [-0.4, -0.2) is 10.1 Å². The Morgan fingerprint density at radius 2 is 2.44 bits per heavy atom. The number of aromatic nitrogens is 1. The number of allylic oxidation sites excluding steroid dienone is 5. The molecule has 92 valence electrons. The lowest BCUT2D eigenvalue weighted by Crippen LogP contribution is -1.95. The summed E-state index contributed by atoms with van der Waals surface area (Å²) in [5.41, 5.74) is 1.72. The van der Waals surface area contributed by atoms with Crippen molar-refractivity contribution in [2.75, 3.05) is 0 Å². The zero-order valence-electron chi connectivity index (χ0n) is 10.5. The molecule has 3 heteroatoms. The van der Waals surface area contributed by atoms with Gasteiger partial charge in [0.1, 0.15) is 5.01 Å². The molecule has 1 aliphatic rings. The molecule has 0 bridgehead atoms. The highest BCUT2D eigenvalue weighted by atomic mass is 32.1. The van der Waals surface area contributed by atoms with Crippen molar-refractivity contribution < 1.29 is 5.11 Å². The quantitative estimate of drug-likeness (QED) is 0.490. The highest BCUT2D eigenvalue weighted by Crippen LogP contribution is 2.36. The molecule has 0 aromatic carbocycles. The molecule has 0 fully saturated rings. The lowest BCUT2D eigenvalue weighted by molar-refractivity contribution is 0.417. The molecule has 0 spiro atoms. The number of hydrogen-bond acceptors (Lipinski definition) is 3. The van der Waals surface area contributed by atoms with Gasteiger partial charge < -0.3 is 5.11 Å². The number of nitrogens with zero attached hydrogens (tertiary/aromatic N) is 1. The monoisotopic (exact) mass is 257 g/mol. The molecule has 0 amide bonds. The van der Waals surface area contributed by atoms with Crippen LogP contribution in [-0.2, 0) is 0 Å². The maximum Gasteiger partial charge on any atom is 0.127 e. The Balaban J connectivity index is 2.46. The number of aliphatic hydroxyl groups is 1. The van der Waals surface area contributed by atoms with Crippen molar-refractivity contribution in [1.82, 2.24) is 4.98 Å². The van der Waals surface area contributed by atoms with Gasteiger partial charge in [0.25, 0.3) is 0 Å². The van der Waals surface area contributed by atoms with E-state index in [9.17, 15) is 5.11 Å². The van der Waals surface area contributed by atoms with Crippen molar-refractivity contribution in [2.24, 2.45) is 0 Å². The van der Waals surface area contributed by atoms with Crippen LogP contribution in [0.1, 0.15) is 41.8 Å². The van der Waals surface area contributed by atoms with Crippen LogP contribution in [0.15, 0.2) is 24.0 Å². The van der Waals surface area contributed by atoms with Crippen LogP contribution in [0.3, 0.4) is 0 Å². The number of terminal acetylenes is 1. The zero-order valence-corrected chi connectivity index (χ0v) is 11.3. The van der Waals surface area contributed by atoms with Gasteiger partial charge in [-0.3, -0.25) is 0 Å². The van der Waals surface area contributed by atoms with E-state index in [0.29, 0.717) is 11.5 Å². The molecular weight excluding hydrogens is 242 g/mol. The molecule has 0 radical (unpaired) electrons. The minimum absolute atomic E-state index is 0.240. The maximum absolute atomic E-state index is 9.73. The summed E-state index contributed by atoms with van der Waals surface area (Å²) >= 11 is 1.63. The summed E-state index contributed by atoms with van der Waals surface area (Å²) in [6.07, 6.45) is 13.7. The molecule has 0 aliphatic heterocycles. The van der Waals surface area contributed by atoms with Crippen molar-refractivity contribution >= 4 is 23.0 Å². The topological polar surface area (TPSA) is 33.1 Å². The van der Waals surface area contributed by atoms with Crippen LogP contribution in [0.5, 0.6) is 0 Å². The summed E-state index contributed by atoms with van der Waals surface area (Å²) in [7, 11) is 0. The lowest BCUT2D eigenvalue weighted by Gasteiger charge is -2.10. The Morgan fingerprint density at radius 1 is 1.67 bits per heavy atom. The van der Waals surface area contributed by atoms with Gasteiger partial charge >= 0.3 is 0 Å². The third-order valence-corrected chi connectivity index (χ3v) is 4.20. The van der Waals surface area contributed by atoms with Crippen molar-refractivity contribution in [3.05, 3.63) is 39.6 Å². The second-order valence-corrected chi connectivity index (χ2v) is 5.34. The standard InChI is InChI=1S/C15H15NOS/c1-4-5-8-12(11(3)17)15-16-13-9-6-7-10(2)14(13)18-15/h1,5-6,8-10,17H,7H2,2-3H3/b8-5-,12-11-. The average molecular weight is 257 g/mol. The second-order valence-electron chi connectivity index (χ2n) is 4.31. The van der Waals surface area contributed by atoms with Crippen LogP contribution >= 0.6 is 11.3 Å². The van der Waals surface area contributed by atoms with Gasteiger partial charge in [-0.25, -0.2) is 4.98 Å². The van der Waals surface area contributed by atoms with E-state index in [0.717, 1.165) is 17.1 Å². The van der Waals surface area contributed by atoms with Gasteiger partial charge in [0.05, 0.1) is 11.5 Å². The number of aliphatic hydroxyl groups excluding tert-OH is 1. The number of hydrogen-bond donors (Lipinski definition) is 1. The first-order valence-electron chi connectivity index (χ1n) is 5.83. The molecule has 1 aliphatic carbocycles. The number of fused-ring (bicyclic) bond motifs is 1. The van der Waals surface area contributed by atoms with Crippen LogP contribution in [0.4, 0.5) is 0 Å². The predicted octanol–water partition coefficient (Wildman–Crippen LogP) is 4.14. The molecule has 0 saturated carbocycles. The van der Waals surface area contributed by atoms with Gasteiger partial charge in [0, 0.05) is 10.5 Å². The average Bonchev–Trinajstić information content (AvgIpc) is 2.74. The van der Waals surface area contributed by atoms with E-state index in [1.165, 1.54) is 4.88 Å². The van der Waals surface area contributed by atoms with Crippen LogP contribution in [0.25, 0.3) is 11.6 Å². The summed E-state index contributed by atoms with van der Waals surface area (Å²) in [6, 6.07) is 0. The van der Waals surface area contributed by atoms with Gasteiger partial charge in [0.2, 0.25) is 0 Å². The molecule has 2 rings (SSSR count). The maximum atomic E-state index is 9.73. The Labute approximate surface area is 111 Å². The van der Waals surface area contributed by atoms with Crippen molar-refractivity contribution in [3.63, 3.8) is 0 Å². The largest absolute Gasteiger partial charge is 0.512 e. The van der Waals surface area contributed by atoms with E-state index in [-0.39, 0.29) is 5.76 Å². The molecular formula is C15H15NOS. The molecule has 1 atom stereocenters. The fraction of sp³-hybridized carbons (Fsp3) is 0.267. The highest BCUT2D eigenvalue weighted by Gasteiger charge is 2.19. The minimum Gasteiger partial charge on any atom is -0.512 e. The first-order chi connectivity index (χ1) is 8.63. The summed E-state index contributed by atoms with van der Waals surface area (Å²) in [4.78, 5) is 5.85. The van der Waals surface area contributed by atoms with E-state index in [1.807, 2.05) is 6.08 Å². The third-order valence-electron chi connectivity index (χ3n) is 2.86. The Kier molecular flexibility index (Phi) is 3.69. The third kappa shape index (κ3) is 2.39. The summed E-state index contributed by atoms with van der Waals surface area (Å²) in [6.45, 7) is 3.84. The Bertz CT molecular complexity index is 580. The van der Waals surface area contributed by atoms with E-state index < -0.39 is 0 Å². The van der Waals surface area contributed by atoms with E-state index in [4.69, 9.17) is 6.42 Å². The van der Waals surface area contributed by atoms with Crippen molar-refractivity contribution in [2.45, 2.75) is 26.2 Å². The normalized spacial score (nSPS) is 19.5. The molecule has 1 aromatic rings. The van der Waals surface area contributed by atoms with Gasteiger partial charge in [-0.15, -0.1) is 17.8 Å². The second kappa shape index (κ2) is 5.24. The van der Waals surface area contributed by atoms with Crippen LogP contribution in [0.2, 0.25) is 0 Å². The molecule has 1 aromatic heterocycles. The number of thiazole rings is 1. The number of rotatable bonds is 2. The first-order valence-corrected chi connectivity index (χ1v) is 6.65. The van der Waals surface area contributed by atoms with Gasteiger partial charge in [-0.05, 0) is 37.5 Å². The fourth-order valence-electron chi connectivity index (χ4n) is 1.90. The van der Waals surface area contributed by atoms with Crippen molar-refractivity contribution in [1.29, 1.82) is 0 Å². The lowest BCUT2D eigenvalue weighted by atomic mass is 9.99. The molecule has 1 N–H and O–H groups in total.